The summed E-state index contributed by atoms with van der Waals surface area (Å²) >= 11 is 3.51. The van der Waals surface area contributed by atoms with Crippen molar-refractivity contribution in [1.82, 2.24) is 5.32 Å². The van der Waals surface area contributed by atoms with Gasteiger partial charge >= 0.3 is 5.97 Å². The molecule has 2 aromatic rings. The topological polar surface area (TPSA) is 64.6 Å². The van der Waals surface area contributed by atoms with E-state index in [9.17, 15) is 9.59 Å². The number of carbonyl (C=O) groups is 2. The fraction of sp³-hybridized carbons (Fsp3) is 0.400. The van der Waals surface area contributed by atoms with Gasteiger partial charge in [-0.05, 0) is 80.3 Å². The van der Waals surface area contributed by atoms with Gasteiger partial charge in [0, 0.05) is 33.8 Å². The van der Waals surface area contributed by atoms with Gasteiger partial charge in [0.2, 0.25) is 0 Å². The largest absolute Gasteiger partial charge is 0.497 e. The zero-order chi connectivity index (χ0) is 25.2. The van der Waals surface area contributed by atoms with E-state index in [0.717, 1.165) is 58.4 Å². The number of hydrogen-bond acceptors (Lipinski definition) is 5. The molecule has 0 aromatic heterocycles. The minimum Gasteiger partial charge on any atom is -0.497 e. The molecule has 1 heterocycles. The fourth-order valence-electron chi connectivity index (χ4n) is 5.81. The van der Waals surface area contributed by atoms with Gasteiger partial charge in [-0.15, -0.1) is 0 Å². The Bertz CT molecular complexity index is 1210. The molecule has 188 valence electrons. The number of ketones is 1. The first-order chi connectivity index (χ1) is 17.4. The standard InChI is InChI=1S/C30H32BrNO4/c1-18-27(30(34)36-24-6-4-3-5-7-24)28(20-8-12-22(31)13-9-20)29-25(32-18)16-21(17-26(29)33)19-10-14-23(35-2)15-11-19/h8-15,21,24,28,32H,3-7,16-17H2,1-2H3/t21-,28-/m1/s1. The third kappa shape index (κ3) is 5.01. The summed E-state index contributed by atoms with van der Waals surface area (Å²) in [5.41, 5.74) is 4.97. The van der Waals surface area contributed by atoms with Gasteiger partial charge in [-0.2, -0.15) is 0 Å². The van der Waals surface area contributed by atoms with Crippen LogP contribution in [0.5, 0.6) is 5.75 Å². The van der Waals surface area contributed by atoms with Gasteiger partial charge < -0.3 is 14.8 Å². The summed E-state index contributed by atoms with van der Waals surface area (Å²) in [4.78, 5) is 27.3. The number of ether oxygens (including phenoxy) is 2. The number of benzene rings is 2. The van der Waals surface area contributed by atoms with Gasteiger partial charge in [0.25, 0.3) is 0 Å². The molecule has 1 aliphatic heterocycles. The van der Waals surface area contributed by atoms with Crippen molar-refractivity contribution in [2.75, 3.05) is 7.11 Å². The second-order valence-corrected chi connectivity index (χ2v) is 10.9. The molecule has 2 aliphatic carbocycles. The smallest absolute Gasteiger partial charge is 0.337 e. The van der Waals surface area contributed by atoms with Crippen LogP contribution in [0.4, 0.5) is 0 Å². The van der Waals surface area contributed by atoms with E-state index >= 15 is 0 Å². The molecule has 5 nitrogen and oxygen atoms in total. The molecule has 3 aliphatic rings. The van der Waals surface area contributed by atoms with Crippen LogP contribution in [0.25, 0.3) is 0 Å². The summed E-state index contributed by atoms with van der Waals surface area (Å²) in [6.45, 7) is 1.93. The highest BCUT2D eigenvalue weighted by Crippen LogP contribution is 2.46. The third-order valence-corrected chi connectivity index (χ3v) is 8.19. The average molecular weight is 550 g/mol. The van der Waals surface area contributed by atoms with Gasteiger partial charge in [-0.25, -0.2) is 4.79 Å². The lowest BCUT2D eigenvalue weighted by atomic mass is 9.71. The van der Waals surface area contributed by atoms with Crippen molar-refractivity contribution >= 4 is 27.7 Å². The second-order valence-electron chi connectivity index (χ2n) is 10.0. The molecule has 0 amide bonds. The summed E-state index contributed by atoms with van der Waals surface area (Å²) in [5.74, 6) is 0.203. The zero-order valence-electron chi connectivity index (χ0n) is 20.8. The Kier molecular flexibility index (Phi) is 7.33. The number of dihydropyridines is 1. The van der Waals surface area contributed by atoms with Crippen molar-refractivity contribution in [1.29, 1.82) is 0 Å². The zero-order valence-corrected chi connectivity index (χ0v) is 22.4. The molecule has 0 spiro atoms. The summed E-state index contributed by atoms with van der Waals surface area (Å²) in [6, 6.07) is 15.9. The molecule has 1 saturated carbocycles. The number of halogens is 1. The predicted molar refractivity (Wildman–Crippen MR) is 143 cm³/mol. The number of esters is 1. The Labute approximate surface area is 221 Å². The first-order valence-electron chi connectivity index (χ1n) is 12.8. The van der Waals surface area contributed by atoms with E-state index in [2.05, 4.69) is 21.2 Å². The Morgan fingerprint density at radius 1 is 0.944 bits per heavy atom. The number of carbonyl (C=O) groups excluding carboxylic acids is 2. The summed E-state index contributed by atoms with van der Waals surface area (Å²) < 4.78 is 12.3. The number of hydrogen-bond donors (Lipinski definition) is 1. The lowest BCUT2D eigenvalue weighted by Crippen LogP contribution is -2.37. The number of nitrogens with one attached hydrogen (secondary N) is 1. The highest BCUT2D eigenvalue weighted by Gasteiger charge is 2.41. The van der Waals surface area contributed by atoms with Crippen LogP contribution in [-0.4, -0.2) is 25.0 Å². The first kappa shape index (κ1) is 24.8. The molecule has 5 rings (SSSR count). The van der Waals surface area contributed by atoms with E-state index in [1.807, 2.05) is 55.5 Å². The quantitative estimate of drug-likeness (QED) is 0.420. The molecular weight excluding hydrogens is 518 g/mol. The van der Waals surface area contributed by atoms with E-state index in [4.69, 9.17) is 9.47 Å². The van der Waals surface area contributed by atoms with E-state index in [1.165, 1.54) is 6.42 Å². The van der Waals surface area contributed by atoms with Gasteiger partial charge in [0.05, 0.1) is 12.7 Å². The maximum atomic E-state index is 13.7. The molecule has 6 heteroatoms. The minimum absolute atomic E-state index is 0.0472. The van der Waals surface area contributed by atoms with Crippen LogP contribution in [0.3, 0.4) is 0 Å². The number of methoxy groups -OCH3 is 1. The van der Waals surface area contributed by atoms with Crippen molar-refractivity contribution in [3.05, 3.63) is 86.7 Å². The van der Waals surface area contributed by atoms with E-state index in [1.54, 1.807) is 7.11 Å². The second kappa shape index (κ2) is 10.6. The van der Waals surface area contributed by atoms with E-state index in [-0.39, 0.29) is 23.8 Å². The van der Waals surface area contributed by atoms with E-state index < -0.39 is 5.92 Å². The molecule has 0 radical (unpaired) electrons. The highest BCUT2D eigenvalue weighted by atomic mass is 79.9. The maximum Gasteiger partial charge on any atom is 0.337 e. The Morgan fingerprint density at radius 3 is 2.28 bits per heavy atom. The van der Waals surface area contributed by atoms with Crippen LogP contribution in [0.2, 0.25) is 0 Å². The van der Waals surface area contributed by atoms with E-state index in [0.29, 0.717) is 24.0 Å². The Balaban J connectivity index is 1.50. The minimum atomic E-state index is -0.435. The molecular formula is C30H32BrNO4. The van der Waals surface area contributed by atoms with Gasteiger partial charge in [-0.1, -0.05) is 46.6 Å². The first-order valence-corrected chi connectivity index (χ1v) is 13.6. The SMILES string of the molecule is COc1ccc([C@H]2CC(=O)C3=C(C2)NC(C)=C(C(=O)OC2CCCCC2)[C@H]3c2ccc(Br)cc2)cc1. The van der Waals surface area contributed by atoms with Crippen LogP contribution < -0.4 is 10.1 Å². The van der Waals surface area contributed by atoms with Crippen LogP contribution in [0.1, 0.15) is 74.8 Å². The predicted octanol–water partition coefficient (Wildman–Crippen LogP) is 6.70. The molecule has 0 bridgehead atoms. The highest BCUT2D eigenvalue weighted by molar-refractivity contribution is 9.10. The molecule has 0 unspecified atom stereocenters. The van der Waals surface area contributed by atoms with Crippen LogP contribution >= 0.6 is 15.9 Å². The van der Waals surface area contributed by atoms with Crippen molar-refractivity contribution in [2.45, 2.75) is 69.8 Å². The monoisotopic (exact) mass is 549 g/mol. The number of Topliss-reactive ketones (excluding diaryl/α,β-unsaturated/α-hetero) is 1. The fourth-order valence-corrected chi connectivity index (χ4v) is 6.07. The average Bonchev–Trinajstić information content (AvgIpc) is 2.89. The van der Waals surface area contributed by atoms with Crippen molar-refractivity contribution in [3.8, 4) is 5.75 Å². The summed E-state index contributed by atoms with van der Waals surface area (Å²) in [5, 5.41) is 3.45. The molecule has 1 N–H and O–H groups in total. The maximum absolute atomic E-state index is 13.7. The van der Waals surface area contributed by atoms with Gasteiger partial charge in [0.1, 0.15) is 11.9 Å². The van der Waals surface area contributed by atoms with Crippen LogP contribution in [0.15, 0.2) is 75.5 Å². The Hall–Kier alpha value is -2.86. The van der Waals surface area contributed by atoms with Crippen molar-refractivity contribution < 1.29 is 19.1 Å². The lowest BCUT2D eigenvalue weighted by Gasteiger charge is -2.37. The summed E-state index contributed by atoms with van der Waals surface area (Å²) in [7, 11) is 1.65. The Morgan fingerprint density at radius 2 is 1.61 bits per heavy atom. The van der Waals surface area contributed by atoms with Gasteiger partial charge in [0.15, 0.2) is 5.78 Å². The molecule has 0 saturated heterocycles. The van der Waals surface area contributed by atoms with Crippen molar-refractivity contribution in [3.63, 3.8) is 0 Å². The third-order valence-electron chi connectivity index (χ3n) is 7.66. The molecule has 1 fully saturated rings. The molecule has 2 atom stereocenters. The van der Waals surface area contributed by atoms with Crippen LogP contribution in [-0.2, 0) is 14.3 Å². The lowest BCUT2D eigenvalue weighted by molar-refractivity contribution is -0.146. The molecule has 36 heavy (non-hydrogen) atoms. The normalized spacial score (nSPS) is 22.7. The summed E-state index contributed by atoms with van der Waals surface area (Å²) in [6.07, 6.45) is 6.26. The number of allylic oxidation sites excluding steroid dienone is 3. The molecule has 2 aromatic carbocycles. The van der Waals surface area contributed by atoms with Crippen molar-refractivity contribution in [2.24, 2.45) is 0 Å². The van der Waals surface area contributed by atoms with Gasteiger partial charge in [-0.3, -0.25) is 4.79 Å². The number of rotatable bonds is 5. The van der Waals surface area contributed by atoms with Crippen LogP contribution in [0, 0.1) is 0 Å².